The van der Waals surface area contributed by atoms with Crippen LogP contribution in [-0.2, 0) is 0 Å². The largest absolute Gasteiger partial charge is 0.469 e. The van der Waals surface area contributed by atoms with Gasteiger partial charge in [-0.2, -0.15) is 0 Å². The van der Waals surface area contributed by atoms with Gasteiger partial charge in [0.15, 0.2) is 0 Å². The molecule has 2 heterocycles. The Hall–Kier alpha value is -2.56. The molecule has 4 rings (SSSR count). The maximum absolute atomic E-state index is 12.9. The van der Waals surface area contributed by atoms with Crippen molar-refractivity contribution in [2.24, 2.45) is 5.92 Å². The summed E-state index contributed by atoms with van der Waals surface area (Å²) < 4.78 is 5.18. The molecule has 5 heteroatoms. The number of carbonyl (C=O) groups excluding carboxylic acids is 2. The monoisotopic (exact) mass is 324 g/mol. The fraction of sp³-hybridized carbons (Fsp3) is 0.368. The normalized spacial score (nSPS) is 22.0. The van der Waals surface area contributed by atoms with Crippen LogP contribution in [0.15, 0.2) is 41.0 Å². The summed E-state index contributed by atoms with van der Waals surface area (Å²) in [5.74, 6) is 0.967. The van der Waals surface area contributed by atoms with Crippen molar-refractivity contribution in [3.63, 3.8) is 0 Å². The van der Waals surface area contributed by atoms with E-state index in [4.69, 9.17) is 4.42 Å². The van der Waals surface area contributed by atoms with Gasteiger partial charge in [-0.3, -0.25) is 9.59 Å². The number of carbonyl (C=O) groups is 2. The van der Waals surface area contributed by atoms with E-state index in [1.165, 1.54) is 12.7 Å². The third-order valence-electron chi connectivity index (χ3n) is 5.18. The molecule has 24 heavy (non-hydrogen) atoms. The van der Waals surface area contributed by atoms with Crippen molar-refractivity contribution in [2.45, 2.75) is 32.2 Å². The number of aryl methyl sites for hydroxylation is 1. The summed E-state index contributed by atoms with van der Waals surface area (Å²) in [6, 6.07) is 9.21. The number of benzene rings is 1. The minimum Gasteiger partial charge on any atom is -0.469 e. The molecule has 2 bridgehead atoms. The van der Waals surface area contributed by atoms with Crippen LogP contribution in [0.2, 0.25) is 0 Å². The van der Waals surface area contributed by atoms with Gasteiger partial charge in [0.05, 0.1) is 23.1 Å². The number of para-hydroxylation sites is 1. The molecule has 1 aromatic heterocycles. The number of hydrogen-bond donors (Lipinski definition) is 1. The Labute approximate surface area is 140 Å². The predicted molar refractivity (Wildman–Crippen MR) is 90.0 cm³/mol. The van der Waals surface area contributed by atoms with Crippen LogP contribution in [0, 0.1) is 12.8 Å². The first-order valence-corrected chi connectivity index (χ1v) is 8.39. The molecule has 0 spiro atoms. The maximum atomic E-state index is 12.9. The molecule has 2 aromatic rings. The Balaban J connectivity index is 1.58. The zero-order chi connectivity index (χ0) is 16.7. The van der Waals surface area contributed by atoms with Gasteiger partial charge in [-0.15, -0.1) is 0 Å². The molecule has 1 aromatic carbocycles. The van der Waals surface area contributed by atoms with Crippen LogP contribution in [0.1, 0.15) is 45.7 Å². The van der Waals surface area contributed by atoms with Crippen LogP contribution in [0.4, 0.5) is 5.69 Å². The van der Waals surface area contributed by atoms with Gasteiger partial charge < -0.3 is 14.6 Å². The SMILES string of the molecule is Cc1occc1C(=O)Nc1ccccc1C(=O)N1C[C@H]2CC[C@H]1C2. The molecule has 1 saturated carbocycles. The van der Waals surface area contributed by atoms with Crippen LogP contribution < -0.4 is 5.32 Å². The number of fused-ring (bicyclic) bond motifs is 2. The Morgan fingerprint density at radius 1 is 1.17 bits per heavy atom. The molecule has 1 saturated heterocycles. The zero-order valence-electron chi connectivity index (χ0n) is 13.6. The van der Waals surface area contributed by atoms with E-state index in [9.17, 15) is 9.59 Å². The van der Waals surface area contributed by atoms with Crippen molar-refractivity contribution in [3.8, 4) is 0 Å². The van der Waals surface area contributed by atoms with E-state index in [2.05, 4.69) is 5.32 Å². The highest BCUT2D eigenvalue weighted by atomic mass is 16.3. The van der Waals surface area contributed by atoms with Crippen molar-refractivity contribution >= 4 is 17.5 Å². The van der Waals surface area contributed by atoms with Gasteiger partial charge in [0, 0.05) is 12.6 Å². The molecule has 1 N–H and O–H groups in total. The van der Waals surface area contributed by atoms with Crippen molar-refractivity contribution in [1.82, 2.24) is 4.90 Å². The lowest BCUT2D eigenvalue weighted by Gasteiger charge is -2.27. The van der Waals surface area contributed by atoms with Crippen molar-refractivity contribution < 1.29 is 14.0 Å². The summed E-state index contributed by atoms with van der Waals surface area (Å²) in [7, 11) is 0. The average Bonchev–Trinajstić information content (AvgIpc) is 3.31. The highest BCUT2D eigenvalue weighted by molar-refractivity contribution is 6.09. The fourth-order valence-electron chi connectivity index (χ4n) is 3.92. The lowest BCUT2D eigenvalue weighted by Crippen LogP contribution is -2.38. The summed E-state index contributed by atoms with van der Waals surface area (Å²) in [4.78, 5) is 27.3. The number of anilines is 1. The minimum absolute atomic E-state index is 0.0158. The van der Waals surface area contributed by atoms with Crippen LogP contribution >= 0.6 is 0 Å². The van der Waals surface area contributed by atoms with Gasteiger partial charge in [0.25, 0.3) is 11.8 Å². The zero-order valence-corrected chi connectivity index (χ0v) is 13.6. The molecule has 5 nitrogen and oxygen atoms in total. The third-order valence-corrected chi connectivity index (χ3v) is 5.18. The van der Waals surface area contributed by atoms with Crippen LogP contribution in [0.5, 0.6) is 0 Å². The number of furan rings is 1. The fourth-order valence-corrected chi connectivity index (χ4v) is 3.92. The standard InChI is InChI=1S/C19H20N2O3/c1-12-15(8-9-24-12)18(22)20-17-5-3-2-4-16(17)19(23)21-11-13-6-7-14(21)10-13/h2-5,8-9,13-14H,6-7,10-11H2,1H3,(H,20,22)/t13-,14-/m0/s1. The van der Waals surface area contributed by atoms with Crippen LogP contribution in [0.3, 0.4) is 0 Å². The molecule has 2 amide bonds. The molecule has 1 aliphatic carbocycles. The van der Waals surface area contributed by atoms with E-state index in [0.29, 0.717) is 34.5 Å². The number of hydrogen-bond acceptors (Lipinski definition) is 3. The number of rotatable bonds is 3. The highest BCUT2D eigenvalue weighted by Crippen LogP contribution is 2.38. The summed E-state index contributed by atoms with van der Waals surface area (Å²) >= 11 is 0. The maximum Gasteiger partial charge on any atom is 0.259 e. The summed E-state index contributed by atoms with van der Waals surface area (Å²) in [6.07, 6.45) is 4.93. The molecule has 0 unspecified atom stereocenters. The van der Waals surface area contributed by atoms with E-state index in [1.807, 2.05) is 17.0 Å². The molecular weight excluding hydrogens is 304 g/mol. The molecule has 0 radical (unpaired) electrons. The van der Waals surface area contributed by atoms with E-state index >= 15 is 0 Å². The number of amides is 2. The first-order chi connectivity index (χ1) is 11.6. The van der Waals surface area contributed by atoms with Gasteiger partial charge in [0.1, 0.15) is 5.76 Å². The van der Waals surface area contributed by atoms with E-state index < -0.39 is 0 Å². The van der Waals surface area contributed by atoms with Gasteiger partial charge >= 0.3 is 0 Å². The quantitative estimate of drug-likeness (QED) is 0.940. The second-order valence-corrected chi connectivity index (χ2v) is 6.68. The lowest BCUT2D eigenvalue weighted by atomic mass is 10.1. The van der Waals surface area contributed by atoms with Crippen LogP contribution in [0.25, 0.3) is 0 Å². The number of nitrogens with one attached hydrogen (secondary N) is 1. The molecule has 1 aliphatic heterocycles. The minimum atomic E-state index is -0.260. The molecular formula is C19H20N2O3. The highest BCUT2D eigenvalue weighted by Gasteiger charge is 2.40. The van der Waals surface area contributed by atoms with Crippen LogP contribution in [-0.4, -0.2) is 29.3 Å². The number of likely N-dealkylation sites (tertiary alicyclic amines) is 1. The number of piperidine rings is 1. The van der Waals surface area contributed by atoms with Crippen molar-refractivity contribution in [1.29, 1.82) is 0 Å². The first-order valence-electron chi connectivity index (χ1n) is 8.39. The summed E-state index contributed by atoms with van der Waals surface area (Å²) in [6.45, 7) is 2.58. The molecule has 124 valence electrons. The summed E-state index contributed by atoms with van der Waals surface area (Å²) in [5.41, 5.74) is 1.59. The average molecular weight is 324 g/mol. The Bertz CT molecular complexity index is 795. The second-order valence-electron chi connectivity index (χ2n) is 6.68. The molecule has 2 aliphatic rings. The number of nitrogens with zero attached hydrogens (tertiary/aromatic N) is 1. The topological polar surface area (TPSA) is 62.6 Å². The molecule has 2 fully saturated rings. The van der Waals surface area contributed by atoms with E-state index in [0.717, 1.165) is 19.4 Å². The Kier molecular flexibility index (Phi) is 3.63. The van der Waals surface area contributed by atoms with Gasteiger partial charge in [-0.1, -0.05) is 12.1 Å². The van der Waals surface area contributed by atoms with Gasteiger partial charge in [-0.25, -0.2) is 0 Å². The van der Waals surface area contributed by atoms with Crippen molar-refractivity contribution in [3.05, 3.63) is 53.5 Å². The van der Waals surface area contributed by atoms with Gasteiger partial charge in [0.2, 0.25) is 0 Å². The Morgan fingerprint density at radius 3 is 2.67 bits per heavy atom. The second kappa shape index (κ2) is 5.82. The van der Waals surface area contributed by atoms with E-state index in [1.54, 1.807) is 25.1 Å². The molecule has 2 atom stereocenters. The van der Waals surface area contributed by atoms with E-state index in [-0.39, 0.29) is 11.8 Å². The smallest absolute Gasteiger partial charge is 0.259 e. The summed E-state index contributed by atoms with van der Waals surface area (Å²) in [5, 5.41) is 2.86. The predicted octanol–water partition coefficient (Wildman–Crippen LogP) is 3.46. The van der Waals surface area contributed by atoms with Crippen molar-refractivity contribution in [2.75, 3.05) is 11.9 Å². The third kappa shape index (κ3) is 2.50. The lowest BCUT2D eigenvalue weighted by molar-refractivity contribution is 0.0704. The Morgan fingerprint density at radius 2 is 2.00 bits per heavy atom. The van der Waals surface area contributed by atoms with Gasteiger partial charge in [-0.05, 0) is 50.3 Å². The first kappa shape index (κ1) is 15.0.